The number of amides is 1. The van der Waals surface area contributed by atoms with Gasteiger partial charge in [0, 0.05) is 18.8 Å². The zero-order chi connectivity index (χ0) is 18.8. The maximum Gasteiger partial charge on any atom is 0.255 e. The summed E-state index contributed by atoms with van der Waals surface area (Å²) in [6.07, 6.45) is 0. The number of aromatic nitrogens is 1. The van der Waals surface area contributed by atoms with E-state index in [4.69, 9.17) is 16.3 Å². The molecule has 0 N–H and O–H groups in total. The maximum atomic E-state index is 13.2. The smallest absolute Gasteiger partial charge is 0.255 e. The van der Waals surface area contributed by atoms with Crippen molar-refractivity contribution < 1.29 is 9.53 Å². The summed E-state index contributed by atoms with van der Waals surface area (Å²) in [4.78, 5) is 15.0. The largest absolute Gasteiger partial charge is 0.378 e. The van der Waals surface area contributed by atoms with Gasteiger partial charge < -0.3 is 14.2 Å². The van der Waals surface area contributed by atoms with Gasteiger partial charge in [-0.1, -0.05) is 54.1 Å². The van der Waals surface area contributed by atoms with Crippen LogP contribution < -0.4 is 0 Å². The summed E-state index contributed by atoms with van der Waals surface area (Å²) in [5.74, 6) is 0.0405. The molecule has 1 aliphatic rings. The summed E-state index contributed by atoms with van der Waals surface area (Å²) in [5, 5.41) is 0.652. The third-order valence-electron chi connectivity index (χ3n) is 4.94. The predicted octanol–water partition coefficient (Wildman–Crippen LogP) is 4.58. The van der Waals surface area contributed by atoms with Crippen molar-refractivity contribution in [3.05, 3.63) is 76.9 Å². The highest BCUT2D eigenvalue weighted by atomic mass is 35.5. The lowest BCUT2D eigenvalue weighted by molar-refractivity contribution is 0.0302. The van der Waals surface area contributed by atoms with Crippen LogP contribution in [0, 0.1) is 6.92 Å². The molecule has 1 aliphatic heterocycles. The Bertz CT molecular complexity index is 960. The SMILES string of the molecule is Cc1c(C(=O)N2CCOCC2)cc(-c2ccccc2)n1-c1ccccc1Cl. The van der Waals surface area contributed by atoms with E-state index in [9.17, 15) is 4.79 Å². The number of halogens is 1. The molecule has 138 valence electrons. The molecule has 0 spiro atoms. The van der Waals surface area contributed by atoms with Gasteiger partial charge in [0.15, 0.2) is 0 Å². The number of nitrogens with zero attached hydrogens (tertiary/aromatic N) is 2. The molecule has 0 unspecified atom stereocenters. The molecule has 2 aromatic carbocycles. The molecule has 5 heteroatoms. The molecule has 0 aliphatic carbocycles. The Morgan fingerprint density at radius 1 is 1.00 bits per heavy atom. The van der Waals surface area contributed by atoms with Crippen molar-refractivity contribution in [3.63, 3.8) is 0 Å². The Balaban J connectivity index is 1.87. The summed E-state index contributed by atoms with van der Waals surface area (Å²) in [6, 6.07) is 19.8. The zero-order valence-electron chi connectivity index (χ0n) is 15.2. The molecule has 0 saturated carbocycles. The third kappa shape index (κ3) is 3.38. The van der Waals surface area contributed by atoms with Crippen LogP contribution in [0.2, 0.25) is 5.02 Å². The van der Waals surface area contributed by atoms with E-state index in [-0.39, 0.29) is 5.91 Å². The molecular formula is C22H21ClN2O2. The monoisotopic (exact) mass is 380 g/mol. The lowest BCUT2D eigenvalue weighted by atomic mass is 10.1. The van der Waals surface area contributed by atoms with E-state index in [2.05, 4.69) is 4.57 Å². The topological polar surface area (TPSA) is 34.5 Å². The highest BCUT2D eigenvalue weighted by Crippen LogP contribution is 2.33. The van der Waals surface area contributed by atoms with Crippen LogP contribution in [0.4, 0.5) is 0 Å². The molecule has 27 heavy (non-hydrogen) atoms. The molecule has 0 radical (unpaired) electrons. The van der Waals surface area contributed by atoms with E-state index >= 15 is 0 Å². The van der Waals surface area contributed by atoms with Crippen LogP contribution in [0.3, 0.4) is 0 Å². The minimum absolute atomic E-state index is 0.0405. The highest BCUT2D eigenvalue weighted by Gasteiger charge is 2.25. The van der Waals surface area contributed by atoms with Crippen LogP contribution in [0.15, 0.2) is 60.7 Å². The van der Waals surface area contributed by atoms with E-state index < -0.39 is 0 Å². The Labute approximate surface area is 163 Å². The molecule has 0 atom stereocenters. The summed E-state index contributed by atoms with van der Waals surface area (Å²) >= 11 is 6.49. The van der Waals surface area contributed by atoms with Crippen molar-refractivity contribution in [1.29, 1.82) is 0 Å². The Kier molecular flexibility index (Phi) is 5.01. The molecule has 1 amide bonds. The van der Waals surface area contributed by atoms with Crippen LogP contribution in [-0.4, -0.2) is 41.7 Å². The Morgan fingerprint density at radius 2 is 1.67 bits per heavy atom. The standard InChI is InChI=1S/C22H21ClN2O2/c1-16-18(22(26)24-11-13-27-14-12-24)15-21(17-7-3-2-4-8-17)25(16)20-10-6-5-9-19(20)23/h2-10,15H,11-14H2,1H3. The van der Waals surface area contributed by atoms with Crippen LogP contribution in [0.1, 0.15) is 16.1 Å². The summed E-state index contributed by atoms with van der Waals surface area (Å²) in [7, 11) is 0. The van der Waals surface area contributed by atoms with Gasteiger partial charge in [-0.2, -0.15) is 0 Å². The second kappa shape index (κ2) is 7.59. The Hall–Kier alpha value is -2.56. The number of carbonyl (C=O) groups excluding carboxylic acids is 1. The van der Waals surface area contributed by atoms with E-state index in [1.807, 2.05) is 72.5 Å². The van der Waals surface area contributed by atoms with Crippen molar-refractivity contribution in [3.8, 4) is 16.9 Å². The molecule has 3 aromatic rings. The second-order valence-electron chi connectivity index (χ2n) is 6.59. The van der Waals surface area contributed by atoms with Gasteiger partial charge in [0.05, 0.1) is 35.2 Å². The number of hydrogen-bond donors (Lipinski definition) is 0. The minimum atomic E-state index is 0.0405. The van der Waals surface area contributed by atoms with Crippen LogP contribution >= 0.6 is 11.6 Å². The van der Waals surface area contributed by atoms with Gasteiger partial charge in [-0.05, 0) is 30.7 Å². The number of morpholine rings is 1. The van der Waals surface area contributed by atoms with Crippen LogP contribution in [0.25, 0.3) is 16.9 Å². The molecular weight excluding hydrogens is 360 g/mol. The number of ether oxygens (including phenoxy) is 1. The first kappa shape index (κ1) is 17.8. The summed E-state index contributed by atoms with van der Waals surface area (Å²) in [5.41, 5.74) is 4.46. The van der Waals surface area contributed by atoms with Crippen LogP contribution in [-0.2, 0) is 4.74 Å². The van der Waals surface area contributed by atoms with E-state index in [1.54, 1.807) is 0 Å². The molecule has 2 heterocycles. The minimum Gasteiger partial charge on any atom is -0.378 e. The lowest BCUT2D eigenvalue weighted by Crippen LogP contribution is -2.40. The van der Waals surface area contributed by atoms with Gasteiger partial charge in [-0.25, -0.2) is 0 Å². The number of benzene rings is 2. The number of para-hydroxylation sites is 1. The molecule has 1 saturated heterocycles. The highest BCUT2D eigenvalue weighted by molar-refractivity contribution is 6.32. The van der Waals surface area contributed by atoms with Gasteiger partial charge in [0.1, 0.15) is 0 Å². The fraction of sp³-hybridized carbons (Fsp3) is 0.227. The van der Waals surface area contributed by atoms with Crippen molar-refractivity contribution >= 4 is 17.5 Å². The molecule has 1 aromatic heterocycles. The van der Waals surface area contributed by atoms with Gasteiger partial charge in [-0.15, -0.1) is 0 Å². The van der Waals surface area contributed by atoms with E-state index in [0.717, 1.165) is 22.6 Å². The van der Waals surface area contributed by atoms with Crippen molar-refractivity contribution in [2.75, 3.05) is 26.3 Å². The predicted molar refractivity (Wildman–Crippen MR) is 108 cm³/mol. The van der Waals surface area contributed by atoms with Gasteiger partial charge in [-0.3, -0.25) is 4.79 Å². The van der Waals surface area contributed by atoms with Crippen LogP contribution in [0.5, 0.6) is 0 Å². The lowest BCUT2D eigenvalue weighted by Gasteiger charge is -2.26. The van der Waals surface area contributed by atoms with Gasteiger partial charge >= 0.3 is 0 Å². The fourth-order valence-corrected chi connectivity index (χ4v) is 3.75. The first-order valence-corrected chi connectivity index (χ1v) is 9.44. The number of hydrogen-bond acceptors (Lipinski definition) is 2. The fourth-order valence-electron chi connectivity index (χ4n) is 3.52. The normalized spacial score (nSPS) is 14.4. The average molecular weight is 381 g/mol. The van der Waals surface area contributed by atoms with Crippen molar-refractivity contribution in [2.45, 2.75) is 6.92 Å². The molecule has 4 nitrogen and oxygen atoms in total. The Morgan fingerprint density at radius 3 is 2.37 bits per heavy atom. The van der Waals surface area contributed by atoms with E-state index in [1.165, 1.54) is 0 Å². The maximum absolute atomic E-state index is 13.2. The molecule has 1 fully saturated rings. The van der Waals surface area contributed by atoms with Gasteiger partial charge in [0.25, 0.3) is 5.91 Å². The quantitative estimate of drug-likeness (QED) is 0.666. The first-order chi connectivity index (χ1) is 13.2. The van der Waals surface area contributed by atoms with E-state index in [0.29, 0.717) is 36.9 Å². The second-order valence-corrected chi connectivity index (χ2v) is 6.99. The van der Waals surface area contributed by atoms with Crippen molar-refractivity contribution in [2.24, 2.45) is 0 Å². The average Bonchev–Trinajstić information content (AvgIpc) is 3.06. The molecule has 0 bridgehead atoms. The first-order valence-electron chi connectivity index (χ1n) is 9.06. The zero-order valence-corrected chi connectivity index (χ0v) is 15.9. The number of carbonyl (C=O) groups is 1. The molecule has 4 rings (SSSR count). The van der Waals surface area contributed by atoms with Crippen molar-refractivity contribution in [1.82, 2.24) is 9.47 Å². The number of rotatable bonds is 3. The summed E-state index contributed by atoms with van der Waals surface area (Å²) in [6.45, 7) is 4.39. The summed E-state index contributed by atoms with van der Waals surface area (Å²) < 4.78 is 7.46. The van der Waals surface area contributed by atoms with Gasteiger partial charge in [0.2, 0.25) is 0 Å². The third-order valence-corrected chi connectivity index (χ3v) is 5.26.